The summed E-state index contributed by atoms with van der Waals surface area (Å²) in [5.74, 6) is -1.58. The summed E-state index contributed by atoms with van der Waals surface area (Å²) in [4.78, 5) is 70.6. The number of carbonyl (C=O) groups is 4. The molecule has 0 radical (unpaired) electrons. The molecule has 12 heteroatoms. The van der Waals surface area contributed by atoms with Crippen LogP contribution in [0.3, 0.4) is 0 Å². The summed E-state index contributed by atoms with van der Waals surface area (Å²) in [6.07, 6.45) is 0.775. The number of amides is 3. The van der Waals surface area contributed by atoms with Gasteiger partial charge >= 0.3 is 10.8 Å². The van der Waals surface area contributed by atoms with Crippen LogP contribution in [0.2, 0.25) is 0 Å². The van der Waals surface area contributed by atoms with Crippen molar-refractivity contribution < 1.29 is 28.7 Å². The number of nitrogens with one attached hydrogen (secondary N) is 2. The van der Waals surface area contributed by atoms with Gasteiger partial charge in [0.05, 0.1) is 34.7 Å². The Morgan fingerprint density at radius 1 is 0.939 bits per heavy atom. The van der Waals surface area contributed by atoms with Crippen LogP contribution < -0.4 is 19.8 Å². The molecule has 10 nitrogen and oxygen atoms in total. The highest BCUT2D eigenvalue weighted by atomic mass is 32.2. The first kappa shape index (κ1) is 31.6. The Kier molecular flexibility index (Phi) is 7.95. The largest absolute Gasteiger partial charge is 0.484 e. The summed E-state index contributed by atoms with van der Waals surface area (Å²) >= 11 is 2.84. The molecule has 49 heavy (non-hydrogen) atoms. The lowest BCUT2D eigenvalue weighted by Gasteiger charge is -2.43. The Morgan fingerprint density at radius 3 is 2.37 bits per heavy atom. The summed E-state index contributed by atoms with van der Waals surface area (Å²) in [6.45, 7) is 3.77. The number of anilines is 2. The van der Waals surface area contributed by atoms with Gasteiger partial charge < -0.3 is 19.8 Å². The first-order valence-corrected chi connectivity index (χ1v) is 18.1. The third kappa shape index (κ3) is 5.28. The van der Waals surface area contributed by atoms with E-state index in [1.54, 1.807) is 43.0 Å². The van der Waals surface area contributed by atoms with Crippen molar-refractivity contribution in [2.45, 2.75) is 36.5 Å². The maximum atomic E-state index is 14.1. The van der Waals surface area contributed by atoms with E-state index in [1.807, 2.05) is 55.5 Å². The third-order valence-electron chi connectivity index (χ3n) is 10.4. The number of nitrogens with zero attached hydrogens (tertiary/aromatic N) is 1. The van der Waals surface area contributed by atoms with E-state index in [2.05, 4.69) is 10.3 Å². The van der Waals surface area contributed by atoms with Gasteiger partial charge in [-0.25, -0.2) is 4.79 Å². The number of aromatic amines is 1. The van der Waals surface area contributed by atoms with Crippen LogP contribution >= 0.6 is 23.1 Å². The SMILES string of the molecule is CCOC(=O)c1ccc(N2C(=O)[C@H]3[C@H]4C[C@@H]([C@@H]3C2=O)[C@@H]2[C@H](c3ccc(OCC(=O)Nc5ccccc5C)cc3)c3sc(=O)[nH]c3S[C@H]42)cc1. The maximum absolute atomic E-state index is 14.1. The average molecular weight is 696 g/mol. The average Bonchev–Trinajstić information content (AvgIpc) is 3.84. The molecule has 3 amide bonds. The number of ether oxygens (including phenoxy) is 2. The fourth-order valence-corrected chi connectivity index (χ4v) is 11.3. The zero-order valence-corrected chi connectivity index (χ0v) is 28.3. The summed E-state index contributed by atoms with van der Waals surface area (Å²) in [6, 6.07) is 21.6. The number of thioether (sulfide) groups is 1. The minimum Gasteiger partial charge on any atom is -0.484 e. The lowest BCUT2D eigenvalue weighted by molar-refractivity contribution is -0.123. The molecule has 1 aromatic heterocycles. The zero-order chi connectivity index (χ0) is 34.0. The number of aryl methyl sites for hydroxylation is 1. The molecule has 3 aromatic carbocycles. The number of benzene rings is 3. The minimum atomic E-state index is -0.455. The molecule has 3 fully saturated rings. The van der Waals surface area contributed by atoms with Crippen molar-refractivity contribution in [1.82, 2.24) is 4.98 Å². The highest BCUT2D eigenvalue weighted by Gasteiger charge is 2.69. The number of esters is 1. The Balaban J connectivity index is 1.04. The number of thiazole rings is 1. The van der Waals surface area contributed by atoms with Crippen LogP contribution in [-0.2, 0) is 19.1 Å². The van der Waals surface area contributed by atoms with E-state index in [0.29, 0.717) is 17.0 Å². The normalized spacial score (nSPS) is 26.2. The van der Waals surface area contributed by atoms with Crippen molar-refractivity contribution in [3.05, 3.63) is 104 Å². The number of aromatic nitrogens is 1. The molecule has 4 aliphatic rings. The van der Waals surface area contributed by atoms with Crippen molar-refractivity contribution in [2.75, 3.05) is 23.4 Å². The van der Waals surface area contributed by atoms with Crippen LogP contribution in [0.4, 0.5) is 11.4 Å². The topological polar surface area (TPSA) is 135 Å². The number of fused-ring (bicyclic) bond motifs is 9. The molecule has 250 valence electrons. The van der Waals surface area contributed by atoms with Crippen molar-refractivity contribution in [1.29, 1.82) is 0 Å². The van der Waals surface area contributed by atoms with Gasteiger partial charge in [-0.15, -0.1) is 11.8 Å². The molecule has 8 rings (SSSR count). The number of hydrogen-bond acceptors (Lipinski definition) is 9. The maximum Gasteiger partial charge on any atom is 0.338 e. The first-order chi connectivity index (χ1) is 23.7. The predicted octanol–water partition coefficient (Wildman–Crippen LogP) is 5.62. The van der Waals surface area contributed by atoms with Crippen LogP contribution in [0.15, 0.2) is 82.6 Å². The molecular weight excluding hydrogens is 663 g/mol. The number of rotatable bonds is 8. The lowest BCUT2D eigenvalue weighted by Crippen LogP contribution is -2.42. The molecule has 0 unspecified atom stereocenters. The molecule has 2 bridgehead atoms. The van der Waals surface area contributed by atoms with Crippen LogP contribution in [0.1, 0.15) is 45.6 Å². The quantitative estimate of drug-likeness (QED) is 0.179. The second-order valence-electron chi connectivity index (χ2n) is 13.0. The van der Waals surface area contributed by atoms with Crippen molar-refractivity contribution in [3.8, 4) is 5.75 Å². The summed E-state index contributed by atoms with van der Waals surface area (Å²) < 4.78 is 10.9. The molecule has 2 aliphatic carbocycles. The van der Waals surface area contributed by atoms with Gasteiger partial charge in [-0.3, -0.25) is 24.1 Å². The summed E-state index contributed by atoms with van der Waals surface area (Å²) in [7, 11) is 0. The molecule has 3 heterocycles. The van der Waals surface area contributed by atoms with E-state index in [0.717, 1.165) is 33.1 Å². The van der Waals surface area contributed by atoms with Gasteiger partial charge in [0.2, 0.25) is 11.8 Å². The molecule has 7 atom stereocenters. The van der Waals surface area contributed by atoms with E-state index < -0.39 is 17.8 Å². The van der Waals surface area contributed by atoms with Crippen molar-refractivity contribution >= 4 is 58.2 Å². The lowest BCUT2D eigenvalue weighted by atomic mass is 9.68. The monoisotopic (exact) mass is 695 g/mol. The van der Waals surface area contributed by atoms with E-state index in [1.165, 1.54) is 16.2 Å². The third-order valence-corrected chi connectivity index (χ3v) is 13.0. The number of carbonyl (C=O) groups excluding carboxylic acids is 4. The van der Waals surface area contributed by atoms with E-state index in [9.17, 15) is 24.0 Å². The Morgan fingerprint density at radius 2 is 1.65 bits per heavy atom. The second kappa shape index (κ2) is 12.3. The fourth-order valence-electron chi connectivity index (χ4n) is 8.43. The number of para-hydroxylation sites is 1. The molecule has 2 N–H and O–H groups in total. The fraction of sp³-hybridized carbons (Fsp3) is 0.324. The van der Waals surface area contributed by atoms with Gasteiger partial charge in [0, 0.05) is 21.7 Å². The predicted molar refractivity (Wildman–Crippen MR) is 185 cm³/mol. The number of hydrogen-bond donors (Lipinski definition) is 2. The van der Waals surface area contributed by atoms with E-state index in [-0.39, 0.29) is 64.7 Å². The minimum absolute atomic E-state index is 0.0151. The Bertz CT molecular complexity index is 2040. The van der Waals surface area contributed by atoms with Crippen LogP contribution in [0.25, 0.3) is 0 Å². The van der Waals surface area contributed by atoms with Crippen molar-refractivity contribution in [2.24, 2.45) is 29.6 Å². The van der Waals surface area contributed by atoms with Gasteiger partial charge in [0.25, 0.3) is 5.91 Å². The highest BCUT2D eigenvalue weighted by molar-refractivity contribution is 8.00. The molecule has 0 spiro atoms. The molecule has 2 aliphatic heterocycles. The molecular formula is C37H33N3O7S2. The molecule has 4 aromatic rings. The van der Waals surface area contributed by atoms with Crippen LogP contribution in [0.5, 0.6) is 5.75 Å². The van der Waals surface area contributed by atoms with Gasteiger partial charge in [0.15, 0.2) is 6.61 Å². The first-order valence-electron chi connectivity index (χ1n) is 16.4. The van der Waals surface area contributed by atoms with Gasteiger partial charge in [-0.05, 0) is 91.6 Å². The van der Waals surface area contributed by atoms with Gasteiger partial charge in [-0.2, -0.15) is 0 Å². The molecule has 1 saturated heterocycles. The zero-order valence-electron chi connectivity index (χ0n) is 26.7. The number of H-pyrrole nitrogens is 1. The summed E-state index contributed by atoms with van der Waals surface area (Å²) in [5.41, 5.74) is 3.51. The second-order valence-corrected chi connectivity index (χ2v) is 15.2. The van der Waals surface area contributed by atoms with Gasteiger partial charge in [-0.1, -0.05) is 41.7 Å². The van der Waals surface area contributed by atoms with E-state index in [4.69, 9.17) is 9.47 Å². The number of imide groups is 1. The standard InChI is InChI=1S/C37H33N3O7S2/c1-3-46-36(44)20-8-12-21(13-9-20)40-34(42)29-23-16-24(30(29)35(40)43)31-28(23)27(32-33(48-31)39-37(45)49-32)19-10-14-22(15-11-19)47-17-26(41)38-25-7-5-4-6-18(25)2/h4-15,23-24,27-31H,3,16-17H2,1-2H3,(H,38,41)(H,39,45)/t23-,24-,27+,28-,29+,30+,31-/m1/s1. The smallest absolute Gasteiger partial charge is 0.338 e. The van der Waals surface area contributed by atoms with Gasteiger partial charge in [0.1, 0.15) is 5.75 Å². The van der Waals surface area contributed by atoms with Crippen LogP contribution in [-0.4, -0.2) is 47.1 Å². The summed E-state index contributed by atoms with van der Waals surface area (Å²) in [5, 5.41) is 3.76. The Labute approximate surface area is 290 Å². The molecule has 2 saturated carbocycles. The van der Waals surface area contributed by atoms with Crippen LogP contribution in [0, 0.1) is 36.5 Å². The Hall–Kier alpha value is -4.68. The van der Waals surface area contributed by atoms with E-state index >= 15 is 0 Å². The highest BCUT2D eigenvalue weighted by Crippen LogP contribution is 2.68. The van der Waals surface area contributed by atoms with Crippen molar-refractivity contribution in [3.63, 3.8) is 0 Å².